The Morgan fingerprint density at radius 2 is 1.84 bits per heavy atom. The number of hydrazine groups is 1. The van der Waals surface area contributed by atoms with Crippen LogP contribution in [0.5, 0.6) is 0 Å². The van der Waals surface area contributed by atoms with Crippen LogP contribution >= 0.6 is 23.2 Å². The van der Waals surface area contributed by atoms with Crippen LogP contribution in [0, 0.1) is 10.1 Å². The molecule has 2 rings (SSSR count). The van der Waals surface area contributed by atoms with E-state index >= 15 is 0 Å². The van der Waals surface area contributed by atoms with Crippen molar-refractivity contribution in [2.75, 3.05) is 5.43 Å². The predicted molar refractivity (Wildman–Crippen MR) is 85.6 cm³/mol. The number of anilines is 1. The van der Waals surface area contributed by atoms with Gasteiger partial charge in [-0.2, -0.15) is 13.2 Å². The number of carbonyl (C=O) groups is 1. The van der Waals surface area contributed by atoms with E-state index in [2.05, 4.69) is 10.9 Å². The number of amides is 1. The zero-order chi connectivity index (χ0) is 18.8. The number of rotatable bonds is 4. The van der Waals surface area contributed by atoms with Crippen LogP contribution in [0.15, 0.2) is 36.4 Å². The number of nitro groups is 1. The zero-order valence-electron chi connectivity index (χ0n) is 12.0. The molecule has 0 saturated heterocycles. The van der Waals surface area contributed by atoms with Crippen molar-refractivity contribution in [3.63, 3.8) is 0 Å². The van der Waals surface area contributed by atoms with E-state index in [0.29, 0.717) is 12.1 Å². The van der Waals surface area contributed by atoms with E-state index in [-0.39, 0.29) is 21.3 Å². The number of hydrogen-bond donors (Lipinski definition) is 2. The van der Waals surface area contributed by atoms with E-state index in [9.17, 15) is 28.1 Å². The molecule has 6 nitrogen and oxygen atoms in total. The van der Waals surface area contributed by atoms with Crippen molar-refractivity contribution in [3.8, 4) is 0 Å². The van der Waals surface area contributed by atoms with E-state index in [4.69, 9.17) is 23.2 Å². The summed E-state index contributed by atoms with van der Waals surface area (Å²) >= 11 is 11.6. The van der Waals surface area contributed by atoms with Crippen LogP contribution in [0.3, 0.4) is 0 Å². The quantitative estimate of drug-likeness (QED) is 0.583. The standard InChI is InChI=1S/C14H8Cl2F3N3O3/c15-9-3-1-2-8(12(9)16)13(23)21-20-10-5-4-7(14(17,18)19)6-11(10)22(24)25/h1-6,20H,(H,21,23). The molecule has 0 radical (unpaired) electrons. The Balaban J connectivity index is 2.24. The highest BCUT2D eigenvalue weighted by Crippen LogP contribution is 2.34. The summed E-state index contributed by atoms with van der Waals surface area (Å²) in [5, 5.41) is 11.0. The third-order valence-electron chi connectivity index (χ3n) is 3.03. The molecule has 0 unspecified atom stereocenters. The normalized spacial score (nSPS) is 11.1. The maximum Gasteiger partial charge on any atom is 0.416 e. The zero-order valence-corrected chi connectivity index (χ0v) is 13.5. The van der Waals surface area contributed by atoms with Crippen molar-refractivity contribution < 1.29 is 22.9 Å². The molecule has 132 valence electrons. The summed E-state index contributed by atoms with van der Waals surface area (Å²) in [6, 6.07) is 6.11. The van der Waals surface area contributed by atoms with Crippen LogP contribution in [0.1, 0.15) is 15.9 Å². The average Bonchev–Trinajstić information content (AvgIpc) is 2.54. The first-order valence-corrected chi connectivity index (χ1v) is 7.23. The smallest absolute Gasteiger partial charge is 0.292 e. The van der Waals surface area contributed by atoms with Gasteiger partial charge in [0, 0.05) is 6.07 Å². The Bertz CT molecular complexity index is 844. The van der Waals surface area contributed by atoms with Crippen molar-refractivity contribution in [1.29, 1.82) is 0 Å². The summed E-state index contributed by atoms with van der Waals surface area (Å²) in [6.07, 6.45) is -4.74. The maximum absolute atomic E-state index is 12.6. The van der Waals surface area contributed by atoms with Crippen molar-refractivity contribution in [2.24, 2.45) is 0 Å². The summed E-state index contributed by atoms with van der Waals surface area (Å²) in [4.78, 5) is 22.0. The molecule has 11 heteroatoms. The Morgan fingerprint density at radius 3 is 2.44 bits per heavy atom. The number of nitrogens with zero attached hydrogens (tertiary/aromatic N) is 1. The summed E-state index contributed by atoms with van der Waals surface area (Å²) in [5.41, 5.74) is 1.94. The minimum Gasteiger partial charge on any atom is -0.292 e. The van der Waals surface area contributed by atoms with E-state index < -0.39 is 28.3 Å². The molecule has 0 bridgehead atoms. The monoisotopic (exact) mass is 393 g/mol. The Labute approximate surface area is 148 Å². The topological polar surface area (TPSA) is 84.3 Å². The van der Waals surface area contributed by atoms with E-state index in [0.717, 1.165) is 6.07 Å². The second-order valence-corrected chi connectivity index (χ2v) is 5.45. The number of nitrogens with one attached hydrogen (secondary N) is 2. The van der Waals surface area contributed by atoms with Gasteiger partial charge < -0.3 is 0 Å². The molecule has 0 aromatic heterocycles. The molecule has 0 aliphatic carbocycles. The molecule has 0 aliphatic heterocycles. The highest BCUT2D eigenvalue weighted by atomic mass is 35.5. The summed E-state index contributed by atoms with van der Waals surface area (Å²) in [6.45, 7) is 0. The molecular weight excluding hydrogens is 386 g/mol. The molecule has 2 aromatic carbocycles. The van der Waals surface area contributed by atoms with Gasteiger partial charge in [0.05, 0.1) is 26.1 Å². The van der Waals surface area contributed by atoms with E-state index in [1.165, 1.54) is 18.2 Å². The highest BCUT2D eigenvalue weighted by Gasteiger charge is 2.33. The average molecular weight is 394 g/mol. The van der Waals surface area contributed by atoms with Gasteiger partial charge in [-0.3, -0.25) is 25.8 Å². The van der Waals surface area contributed by atoms with Crippen molar-refractivity contribution in [2.45, 2.75) is 6.18 Å². The number of nitro benzene ring substituents is 1. The van der Waals surface area contributed by atoms with Crippen LogP contribution in [0.2, 0.25) is 10.0 Å². The van der Waals surface area contributed by atoms with E-state index in [1.807, 2.05) is 0 Å². The van der Waals surface area contributed by atoms with Gasteiger partial charge in [-0.1, -0.05) is 29.3 Å². The lowest BCUT2D eigenvalue weighted by Crippen LogP contribution is -2.30. The summed E-state index contributed by atoms with van der Waals surface area (Å²) < 4.78 is 37.9. The molecule has 0 fully saturated rings. The first kappa shape index (κ1) is 18.8. The fraction of sp³-hybridized carbons (Fsp3) is 0.0714. The molecule has 2 N–H and O–H groups in total. The second-order valence-electron chi connectivity index (χ2n) is 4.67. The Hall–Kier alpha value is -2.52. The molecule has 2 aromatic rings. The first-order chi connectivity index (χ1) is 11.6. The minimum atomic E-state index is -4.74. The number of halogens is 5. The molecular formula is C14H8Cl2F3N3O3. The van der Waals surface area contributed by atoms with Crippen LogP contribution in [0.25, 0.3) is 0 Å². The van der Waals surface area contributed by atoms with Crippen molar-refractivity contribution in [3.05, 3.63) is 67.7 Å². The minimum absolute atomic E-state index is 0.0174. The lowest BCUT2D eigenvalue weighted by molar-refractivity contribution is -0.384. The van der Waals surface area contributed by atoms with Gasteiger partial charge in [-0.05, 0) is 24.3 Å². The van der Waals surface area contributed by atoms with E-state index in [1.54, 1.807) is 0 Å². The van der Waals surface area contributed by atoms with Gasteiger partial charge in [-0.25, -0.2) is 0 Å². The largest absolute Gasteiger partial charge is 0.416 e. The summed E-state index contributed by atoms with van der Waals surface area (Å²) in [5.74, 6) is -0.776. The van der Waals surface area contributed by atoms with Crippen LogP contribution in [-0.2, 0) is 6.18 Å². The lowest BCUT2D eigenvalue weighted by Gasteiger charge is -2.12. The van der Waals surface area contributed by atoms with Crippen molar-refractivity contribution >= 4 is 40.5 Å². The molecule has 0 saturated carbocycles. The lowest BCUT2D eigenvalue weighted by atomic mass is 10.1. The second kappa shape index (κ2) is 7.16. The first-order valence-electron chi connectivity index (χ1n) is 6.47. The van der Waals surface area contributed by atoms with Crippen LogP contribution < -0.4 is 10.9 Å². The number of hydrogen-bond acceptors (Lipinski definition) is 4. The summed E-state index contributed by atoms with van der Waals surface area (Å²) in [7, 11) is 0. The molecule has 0 spiro atoms. The van der Waals surface area contributed by atoms with Crippen LogP contribution in [0.4, 0.5) is 24.5 Å². The number of benzene rings is 2. The molecule has 0 aliphatic rings. The third-order valence-corrected chi connectivity index (χ3v) is 3.85. The predicted octanol–water partition coefficient (Wildman–Crippen LogP) is 4.68. The maximum atomic E-state index is 12.6. The highest BCUT2D eigenvalue weighted by molar-refractivity contribution is 6.43. The van der Waals surface area contributed by atoms with Gasteiger partial charge in [0.15, 0.2) is 0 Å². The van der Waals surface area contributed by atoms with Gasteiger partial charge in [0.1, 0.15) is 5.69 Å². The van der Waals surface area contributed by atoms with Gasteiger partial charge in [-0.15, -0.1) is 0 Å². The number of carbonyl (C=O) groups excluding carboxylic acids is 1. The molecule has 0 heterocycles. The Kier molecular flexibility index (Phi) is 5.39. The van der Waals surface area contributed by atoms with Crippen LogP contribution in [-0.4, -0.2) is 10.8 Å². The fourth-order valence-corrected chi connectivity index (χ4v) is 2.22. The fourth-order valence-electron chi connectivity index (χ4n) is 1.84. The van der Waals surface area contributed by atoms with Gasteiger partial charge >= 0.3 is 6.18 Å². The molecule has 25 heavy (non-hydrogen) atoms. The van der Waals surface area contributed by atoms with Gasteiger partial charge in [0.25, 0.3) is 11.6 Å². The SMILES string of the molecule is O=C(NNc1ccc(C(F)(F)F)cc1[N+](=O)[O-])c1cccc(Cl)c1Cl. The Morgan fingerprint density at radius 1 is 1.16 bits per heavy atom. The van der Waals surface area contributed by atoms with Gasteiger partial charge in [0.2, 0.25) is 0 Å². The number of alkyl halides is 3. The molecule has 0 atom stereocenters. The molecule has 1 amide bonds. The third kappa shape index (κ3) is 4.31. The van der Waals surface area contributed by atoms with Crippen molar-refractivity contribution in [1.82, 2.24) is 5.43 Å².